The third-order valence-electron chi connectivity index (χ3n) is 13.7. The number of carbonyl (C=O) groups excluding carboxylic acids is 4. The average molecular weight is 771 g/mol. The Labute approximate surface area is 329 Å². The van der Waals surface area contributed by atoms with E-state index in [0.717, 1.165) is 62.4 Å². The second-order valence-electron chi connectivity index (χ2n) is 17.3. The van der Waals surface area contributed by atoms with Crippen LogP contribution in [0.25, 0.3) is 0 Å². The van der Waals surface area contributed by atoms with Crippen molar-refractivity contribution in [3.05, 3.63) is 11.1 Å². The molecule has 0 bridgehead atoms. The highest BCUT2D eigenvalue weighted by Crippen LogP contribution is 2.46. The predicted octanol–water partition coefficient (Wildman–Crippen LogP) is 6.58. The number of likely N-dealkylation sites (tertiary alicyclic amines) is 1. The molecule has 11 nitrogen and oxygen atoms in total. The van der Waals surface area contributed by atoms with Crippen LogP contribution in [-0.4, -0.2) is 97.6 Å². The summed E-state index contributed by atoms with van der Waals surface area (Å²) in [5.74, 6) is -0.178. The first-order chi connectivity index (χ1) is 26.8. The van der Waals surface area contributed by atoms with Gasteiger partial charge in [-0.15, -0.1) is 0 Å². The second kappa shape index (κ2) is 21.5. The molecule has 0 spiro atoms. The molecule has 0 aromatic carbocycles. The van der Waals surface area contributed by atoms with Crippen molar-refractivity contribution in [1.29, 1.82) is 0 Å². The monoisotopic (exact) mass is 771 g/mol. The summed E-state index contributed by atoms with van der Waals surface area (Å²) in [6.45, 7) is 6.28. The molecule has 6 fully saturated rings. The lowest BCUT2D eigenvalue weighted by molar-refractivity contribution is -0.151. The fourth-order valence-electron chi connectivity index (χ4n) is 10.8. The molecule has 2 saturated heterocycles. The molecule has 6 rings (SSSR count). The normalized spacial score (nSPS) is 32.7. The quantitative estimate of drug-likeness (QED) is 0.0847. The Balaban J connectivity index is 0.777. The smallest absolute Gasteiger partial charge is 0.249 e. The zero-order chi connectivity index (χ0) is 38.6. The molecule has 6 aliphatic rings. The van der Waals surface area contributed by atoms with Crippen molar-refractivity contribution in [3.8, 4) is 0 Å². The van der Waals surface area contributed by atoms with Crippen LogP contribution in [0.15, 0.2) is 11.1 Å². The van der Waals surface area contributed by atoms with Crippen LogP contribution < -0.4 is 5.32 Å². The van der Waals surface area contributed by atoms with Gasteiger partial charge in [-0.3, -0.25) is 29.4 Å². The molecule has 4 aliphatic carbocycles. The second-order valence-corrected chi connectivity index (χ2v) is 17.3. The number of amides is 4. The first kappa shape index (κ1) is 42.4. The maximum atomic E-state index is 13.1. The lowest BCUT2D eigenvalue weighted by Gasteiger charge is -2.39. The van der Waals surface area contributed by atoms with E-state index in [9.17, 15) is 24.3 Å². The molecular weight excluding hydrogens is 700 g/mol. The molecule has 310 valence electrons. The number of aliphatic hydroxyl groups is 1. The predicted molar refractivity (Wildman–Crippen MR) is 208 cm³/mol. The highest BCUT2D eigenvalue weighted by molar-refractivity contribution is 6.10. The standard InChI is InChI=1S/C44H70N2O9/c1-2-36(30-9-4-3-5-10-30)41(31-11-15-33(47)16-12-31)32-13-17-34(18-14-32)54-27-7-25-52-23-6-24-53-26-8-28-55-35-19-20-37-38(29-35)44(51)46(43(37)50)39-21-22-40(48)45-42(39)49/h30-35,37-39,47H,2-29H2,1H3,(H,45,48,49)/b41-36-. The van der Waals surface area contributed by atoms with E-state index in [2.05, 4.69) is 12.2 Å². The van der Waals surface area contributed by atoms with E-state index in [4.69, 9.17) is 18.9 Å². The molecule has 11 heteroatoms. The van der Waals surface area contributed by atoms with Crippen molar-refractivity contribution in [2.45, 2.75) is 173 Å². The van der Waals surface area contributed by atoms with E-state index in [-0.39, 0.29) is 42.8 Å². The molecule has 0 radical (unpaired) electrons. The van der Waals surface area contributed by atoms with E-state index in [1.807, 2.05) is 11.1 Å². The van der Waals surface area contributed by atoms with Gasteiger partial charge in [0.1, 0.15) is 6.04 Å². The van der Waals surface area contributed by atoms with Gasteiger partial charge in [-0.25, -0.2) is 0 Å². The van der Waals surface area contributed by atoms with Crippen LogP contribution in [0.4, 0.5) is 0 Å². The minimum Gasteiger partial charge on any atom is -0.393 e. The van der Waals surface area contributed by atoms with Gasteiger partial charge in [-0.2, -0.15) is 0 Å². The van der Waals surface area contributed by atoms with E-state index in [1.165, 1.54) is 64.2 Å². The lowest BCUT2D eigenvalue weighted by Crippen LogP contribution is -2.54. The Morgan fingerprint density at radius 1 is 0.636 bits per heavy atom. The summed E-state index contributed by atoms with van der Waals surface area (Å²) < 4.78 is 24.1. The van der Waals surface area contributed by atoms with Crippen molar-refractivity contribution in [1.82, 2.24) is 10.2 Å². The molecule has 4 unspecified atom stereocenters. The Morgan fingerprint density at radius 3 is 1.82 bits per heavy atom. The Kier molecular flexibility index (Phi) is 16.6. The number of hydrogen-bond acceptors (Lipinski definition) is 9. The zero-order valence-electron chi connectivity index (χ0n) is 33.7. The molecule has 4 atom stereocenters. The summed E-state index contributed by atoms with van der Waals surface area (Å²) in [4.78, 5) is 51.1. The van der Waals surface area contributed by atoms with E-state index in [0.29, 0.717) is 70.2 Å². The van der Waals surface area contributed by atoms with Crippen LogP contribution in [0.5, 0.6) is 0 Å². The van der Waals surface area contributed by atoms with Crippen LogP contribution in [0.3, 0.4) is 0 Å². The van der Waals surface area contributed by atoms with Crippen molar-refractivity contribution in [3.63, 3.8) is 0 Å². The zero-order valence-corrected chi connectivity index (χ0v) is 33.7. The Morgan fingerprint density at radius 2 is 1.20 bits per heavy atom. The van der Waals surface area contributed by atoms with Crippen molar-refractivity contribution < 1.29 is 43.2 Å². The Bertz CT molecular complexity index is 1300. The fraction of sp³-hybridized carbons (Fsp3) is 0.864. The number of carbonyl (C=O) groups is 4. The molecule has 4 amide bonds. The summed E-state index contributed by atoms with van der Waals surface area (Å²) in [6, 6.07) is -0.884. The van der Waals surface area contributed by atoms with Crippen LogP contribution in [0.1, 0.15) is 148 Å². The van der Waals surface area contributed by atoms with E-state index < -0.39 is 23.8 Å². The number of nitrogens with zero attached hydrogens (tertiary/aromatic N) is 1. The molecule has 2 aliphatic heterocycles. The van der Waals surface area contributed by atoms with Gasteiger partial charge in [0.05, 0.1) is 30.1 Å². The van der Waals surface area contributed by atoms with Gasteiger partial charge in [-0.1, -0.05) is 37.3 Å². The van der Waals surface area contributed by atoms with Crippen LogP contribution in [0.2, 0.25) is 0 Å². The van der Waals surface area contributed by atoms with Crippen molar-refractivity contribution >= 4 is 23.6 Å². The lowest BCUT2D eigenvalue weighted by atomic mass is 9.68. The van der Waals surface area contributed by atoms with Crippen LogP contribution in [-0.2, 0) is 38.1 Å². The Hall–Kier alpha value is -2.18. The topological polar surface area (TPSA) is 141 Å². The van der Waals surface area contributed by atoms with E-state index in [1.54, 1.807) is 0 Å². The summed E-state index contributed by atoms with van der Waals surface area (Å²) in [7, 11) is 0. The average Bonchev–Trinajstić information content (AvgIpc) is 3.44. The fourth-order valence-corrected chi connectivity index (χ4v) is 10.8. The van der Waals surface area contributed by atoms with Gasteiger partial charge in [-0.05, 0) is 133 Å². The minimum atomic E-state index is -0.884. The molecule has 0 aromatic heterocycles. The van der Waals surface area contributed by atoms with Gasteiger partial charge in [0.25, 0.3) is 0 Å². The number of rotatable bonds is 19. The summed E-state index contributed by atoms with van der Waals surface area (Å²) in [5.41, 5.74) is 3.63. The SMILES string of the molecule is CC/C(=C(\C1CCC(O)CC1)C1CCC(OCCCOCCCOCCCOC2CCC3C(=O)N(C4CCC(=O)NC4=O)C(=O)C3C2)CC1)C1CCCCC1. The van der Waals surface area contributed by atoms with Gasteiger partial charge in [0.2, 0.25) is 23.6 Å². The summed E-state index contributed by atoms with van der Waals surface area (Å²) in [5, 5.41) is 12.5. The van der Waals surface area contributed by atoms with Gasteiger partial charge in [0.15, 0.2) is 0 Å². The van der Waals surface area contributed by atoms with Gasteiger partial charge >= 0.3 is 0 Å². The maximum Gasteiger partial charge on any atom is 0.249 e. The number of imide groups is 2. The highest BCUT2D eigenvalue weighted by Gasteiger charge is 2.54. The molecule has 4 saturated carbocycles. The number of fused-ring (bicyclic) bond motifs is 1. The number of allylic oxidation sites excluding steroid dienone is 2. The first-order valence-corrected chi connectivity index (χ1v) is 22.3. The van der Waals surface area contributed by atoms with Crippen molar-refractivity contribution in [2.24, 2.45) is 29.6 Å². The molecular formula is C44H70N2O9. The minimum absolute atomic E-state index is 0.0927. The maximum absolute atomic E-state index is 13.1. The van der Waals surface area contributed by atoms with Crippen molar-refractivity contribution in [2.75, 3.05) is 39.6 Å². The number of ether oxygens (including phenoxy) is 4. The third-order valence-corrected chi connectivity index (χ3v) is 13.7. The van der Waals surface area contributed by atoms with E-state index >= 15 is 0 Å². The summed E-state index contributed by atoms with van der Waals surface area (Å²) >= 11 is 0. The number of hydrogen-bond donors (Lipinski definition) is 2. The highest BCUT2D eigenvalue weighted by atomic mass is 16.5. The van der Waals surface area contributed by atoms with Crippen LogP contribution in [0, 0.1) is 29.6 Å². The largest absolute Gasteiger partial charge is 0.393 e. The number of aliphatic hydroxyl groups excluding tert-OH is 1. The van der Waals surface area contributed by atoms with Gasteiger partial charge in [0, 0.05) is 46.1 Å². The van der Waals surface area contributed by atoms with Crippen LogP contribution >= 0.6 is 0 Å². The molecule has 2 N–H and O–H groups in total. The molecule has 55 heavy (non-hydrogen) atoms. The third kappa shape index (κ3) is 11.5. The number of nitrogens with one attached hydrogen (secondary N) is 1. The van der Waals surface area contributed by atoms with Gasteiger partial charge < -0.3 is 24.1 Å². The molecule has 0 aromatic rings. The number of piperidine rings is 1. The molecule has 2 heterocycles. The first-order valence-electron chi connectivity index (χ1n) is 22.3. The summed E-state index contributed by atoms with van der Waals surface area (Å²) in [6.07, 6.45) is 22.0.